The number of ether oxygens (including phenoxy) is 2. The van der Waals surface area contributed by atoms with E-state index in [2.05, 4.69) is 20.5 Å². The van der Waals surface area contributed by atoms with Crippen LogP contribution < -0.4 is 15.4 Å². The van der Waals surface area contributed by atoms with E-state index in [-0.39, 0.29) is 36.9 Å². The molecule has 0 bridgehead atoms. The van der Waals surface area contributed by atoms with Crippen LogP contribution in [-0.4, -0.2) is 105 Å². The number of carbonyl (C=O) groups excluding carboxylic acids is 3. The second kappa shape index (κ2) is 15.2. The Kier molecular flexibility index (Phi) is 11.0. The van der Waals surface area contributed by atoms with Crippen LogP contribution in [0.25, 0.3) is 11.0 Å². The molecule has 5 rings (SSSR count). The highest BCUT2D eigenvalue weighted by atomic mass is 32.2. The summed E-state index contributed by atoms with van der Waals surface area (Å²) in [4.78, 5) is 45.6. The second-order valence-corrected chi connectivity index (χ2v) is 13.7. The molecule has 2 atom stereocenters. The average Bonchev–Trinajstić information content (AvgIpc) is 3.34. The van der Waals surface area contributed by atoms with E-state index >= 15 is 0 Å². The maximum atomic E-state index is 13.3. The summed E-state index contributed by atoms with van der Waals surface area (Å²) in [6, 6.07) is 10.1. The molecular formula is C32H41N5O8S. The number of rotatable bonds is 12. The van der Waals surface area contributed by atoms with Crippen LogP contribution in [0, 0.1) is 5.92 Å². The molecule has 2 unspecified atom stereocenters. The lowest BCUT2D eigenvalue weighted by atomic mass is 10.0. The molecule has 14 heteroatoms. The molecule has 2 aromatic heterocycles. The summed E-state index contributed by atoms with van der Waals surface area (Å²) in [7, 11) is -3.96. The summed E-state index contributed by atoms with van der Waals surface area (Å²) in [5, 5.41) is 6.20. The SMILES string of the molecule is CC(C)C(NC(=O)Cc1cc2cc(OCCN3CCOCC3)ccc2o1)C(=O)NC1CCCN(S(=O)(=O)c2ccccn2)CC1=O. The monoisotopic (exact) mass is 655 g/mol. The van der Waals surface area contributed by atoms with Gasteiger partial charge in [-0.1, -0.05) is 19.9 Å². The second-order valence-electron chi connectivity index (χ2n) is 11.9. The number of furan rings is 1. The first-order valence-corrected chi connectivity index (χ1v) is 17.0. The number of amides is 2. The fourth-order valence-electron chi connectivity index (χ4n) is 5.54. The number of Topliss-reactive ketones (excluding diaryl/α,β-unsaturated/α-hetero) is 1. The lowest BCUT2D eigenvalue weighted by Gasteiger charge is -2.26. The topological polar surface area (TPSA) is 160 Å². The number of aromatic nitrogens is 1. The number of nitrogens with one attached hydrogen (secondary N) is 2. The Morgan fingerprint density at radius 2 is 1.91 bits per heavy atom. The number of nitrogens with zero attached hydrogens (tertiary/aromatic N) is 3. The molecule has 2 amide bonds. The third-order valence-corrected chi connectivity index (χ3v) is 9.86. The van der Waals surface area contributed by atoms with Gasteiger partial charge < -0.3 is 24.5 Å². The fourth-order valence-corrected chi connectivity index (χ4v) is 6.91. The Balaban J connectivity index is 1.14. The first-order chi connectivity index (χ1) is 22.1. The fraction of sp³-hybridized carbons (Fsp3) is 0.500. The van der Waals surface area contributed by atoms with Crippen molar-refractivity contribution in [2.24, 2.45) is 5.92 Å². The normalized spacial score (nSPS) is 19.1. The zero-order valence-electron chi connectivity index (χ0n) is 26.1. The molecule has 13 nitrogen and oxygen atoms in total. The van der Waals surface area contributed by atoms with Crippen LogP contribution in [0.3, 0.4) is 0 Å². The number of carbonyl (C=O) groups is 3. The number of morpholine rings is 1. The van der Waals surface area contributed by atoms with Crippen molar-refractivity contribution in [3.63, 3.8) is 0 Å². The smallest absolute Gasteiger partial charge is 0.260 e. The molecule has 3 aromatic rings. The molecule has 1 aromatic carbocycles. The van der Waals surface area contributed by atoms with E-state index in [1.165, 1.54) is 12.3 Å². The summed E-state index contributed by atoms with van der Waals surface area (Å²) >= 11 is 0. The zero-order chi connectivity index (χ0) is 32.7. The van der Waals surface area contributed by atoms with Gasteiger partial charge in [0.2, 0.25) is 11.8 Å². The maximum Gasteiger partial charge on any atom is 0.260 e. The molecule has 0 radical (unpaired) electrons. The first kappa shape index (κ1) is 33.5. The van der Waals surface area contributed by atoms with Gasteiger partial charge in [0.05, 0.1) is 32.2 Å². The number of hydrogen-bond donors (Lipinski definition) is 2. The molecule has 2 aliphatic rings. The lowest BCUT2D eigenvalue weighted by molar-refractivity contribution is -0.132. The first-order valence-electron chi connectivity index (χ1n) is 15.6. The molecule has 2 saturated heterocycles. The van der Waals surface area contributed by atoms with Crippen molar-refractivity contribution < 1.29 is 36.7 Å². The average molecular weight is 656 g/mol. The van der Waals surface area contributed by atoms with Gasteiger partial charge in [0.1, 0.15) is 29.7 Å². The molecule has 2 fully saturated rings. The van der Waals surface area contributed by atoms with Crippen molar-refractivity contribution in [1.29, 1.82) is 0 Å². The number of benzene rings is 1. The molecule has 2 N–H and O–H groups in total. The summed E-state index contributed by atoms with van der Waals surface area (Å²) in [6.07, 6.45) is 1.94. The molecule has 0 saturated carbocycles. The Hall–Kier alpha value is -3.85. The van der Waals surface area contributed by atoms with Crippen LogP contribution in [0.5, 0.6) is 5.75 Å². The highest BCUT2D eigenvalue weighted by Crippen LogP contribution is 2.25. The van der Waals surface area contributed by atoms with E-state index in [9.17, 15) is 22.8 Å². The highest BCUT2D eigenvalue weighted by molar-refractivity contribution is 7.89. The highest BCUT2D eigenvalue weighted by Gasteiger charge is 2.35. The van der Waals surface area contributed by atoms with Gasteiger partial charge in [0, 0.05) is 37.8 Å². The van der Waals surface area contributed by atoms with Gasteiger partial charge in [-0.15, -0.1) is 0 Å². The summed E-state index contributed by atoms with van der Waals surface area (Å²) < 4.78 is 44.3. The Labute approximate surface area is 268 Å². The van der Waals surface area contributed by atoms with Crippen LogP contribution in [0.4, 0.5) is 0 Å². The van der Waals surface area contributed by atoms with E-state index in [4.69, 9.17) is 13.9 Å². The van der Waals surface area contributed by atoms with Crippen molar-refractivity contribution in [2.75, 3.05) is 52.5 Å². The van der Waals surface area contributed by atoms with Gasteiger partial charge >= 0.3 is 0 Å². The number of sulfonamides is 1. The van der Waals surface area contributed by atoms with E-state index in [1.54, 1.807) is 38.1 Å². The minimum absolute atomic E-state index is 0.0822. The number of fused-ring (bicyclic) bond motifs is 1. The third kappa shape index (κ3) is 8.49. The van der Waals surface area contributed by atoms with Crippen molar-refractivity contribution in [3.05, 3.63) is 54.4 Å². The number of ketones is 1. The van der Waals surface area contributed by atoms with Crippen molar-refractivity contribution in [1.82, 2.24) is 24.8 Å². The molecular weight excluding hydrogens is 614 g/mol. The molecule has 4 heterocycles. The molecule has 2 aliphatic heterocycles. The van der Waals surface area contributed by atoms with E-state index < -0.39 is 39.7 Å². The predicted molar refractivity (Wildman–Crippen MR) is 169 cm³/mol. The lowest BCUT2D eigenvalue weighted by Crippen LogP contribution is -2.54. The van der Waals surface area contributed by atoms with Gasteiger partial charge in [-0.2, -0.15) is 4.31 Å². The van der Waals surface area contributed by atoms with E-state index in [1.807, 2.05) is 12.1 Å². The molecule has 46 heavy (non-hydrogen) atoms. The predicted octanol–water partition coefficient (Wildman–Crippen LogP) is 1.76. The molecule has 0 spiro atoms. The zero-order valence-corrected chi connectivity index (χ0v) is 27.0. The van der Waals surface area contributed by atoms with Crippen LogP contribution in [-0.2, 0) is 35.6 Å². The quantitative estimate of drug-likeness (QED) is 0.294. The minimum atomic E-state index is -3.96. The Morgan fingerprint density at radius 1 is 1.11 bits per heavy atom. The standard InChI is InChI=1S/C32H41N5O8S/c1-22(2)31(32(40)34-26-6-5-11-37(21-27(26)38)46(41,42)30-7-3-4-10-33-30)35-29(39)20-25-19-23-18-24(8-9-28(23)45-25)44-17-14-36-12-15-43-16-13-36/h3-4,7-10,18-19,22,26,31H,5-6,11-17,20-21H2,1-2H3,(H,34,40)(H,35,39). The number of hydrogen-bond acceptors (Lipinski definition) is 10. The molecule has 0 aliphatic carbocycles. The Bertz CT molecular complexity index is 1620. The number of pyridine rings is 1. The van der Waals surface area contributed by atoms with Crippen molar-refractivity contribution in [2.45, 2.75) is 50.2 Å². The summed E-state index contributed by atoms with van der Waals surface area (Å²) in [5.74, 6) is -0.473. The van der Waals surface area contributed by atoms with Gasteiger partial charge in [-0.3, -0.25) is 19.3 Å². The maximum absolute atomic E-state index is 13.3. The van der Waals surface area contributed by atoms with Crippen molar-refractivity contribution in [3.8, 4) is 5.75 Å². The van der Waals surface area contributed by atoms with Crippen LogP contribution in [0.15, 0.2) is 58.1 Å². The third-order valence-electron chi connectivity index (χ3n) is 8.10. The summed E-state index contributed by atoms with van der Waals surface area (Å²) in [5.41, 5.74) is 0.618. The van der Waals surface area contributed by atoms with Gasteiger partial charge in [-0.25, -0.2) is 13.4 Å². The van der Waals surface area contributed by atoms with Crippen LogP contribution in [0.1, 0.15) is 32.4 Å². The van der Waals surface area contributed by atoms with Crippen LogP contribution >= 0.6 is 0 Å². The van der Waals surface area contributed by atoms with Gasteiger partial charge in [0.15, 0.2) is 10.8 Å². The van der Waals surface area contributed by atoms with E-state index in [0.29, 0.717) is 30.1 Å². The van der Waals surface area contributed by atoms with Gasteiger partial charge in [-0.05, 0) is 55.2 Å². The molecule has 248 valence electrons. The largest absolute Gasteiger partial charge is 0.492 e. The van der Waals surface area contributed by atoms with E-state index in [0.717, 1.165) is 42.5 Å². The van der Waals surface area contributed by atoms with Crippen LogP contribution in [0.2, 0.25) is 0 Å². The summed E-state index contributed by atoms with van der Waals surface area (Å²) in [6.45, 7) is 7.96. The van der Waals surface area contributed by atoms with Gasteiger partial charge in [0.25, 0.3) is 10.0 Å². The Morgan fingerprint density at radius 3 is 2.65 bits per heavy atom. The van der Waals surface area contributed by atoms with Crippen molar-refractivity contribution >= 4 is 38.6 Å². The minimum Gasteiger partial charge on any atom is -0.492 e.